The number of halogens is 1. The van der Waals surface area contributed by atoms with E-state index >= 15 is 0 Å². The van der Waals surface area contributed by atoms with Crippen molar-refractivity contribution in [1.29, 1.82) is 0 Å². The third kappa shape index (κ3) is 2.81. The molecule has 0 saturated carbocycles. The summed E-state index contributed by atoms with van der Waals surface area (Å²) >= 11 is 3.37. The van der Waals surface area contributed by atoms with E-state index in [-0.39, 0.29) is 6.17 Å². The van der Waals surface area contributed by atoms with Gasteiger partial charge in [-0.05, 0) is 25.3 Å². The van der Waals surface area contributed by atoms with Gasteiger partial charge in [-0.15, -0.1) is 0 Å². The zero-order chi connectivity index (χ0) is 8.97. The topological polar surface area (TPSA) is 50.1 Å². The van der Waals surface area contributed by atoms with Crippen molar-refractivity contribution in [2.75, 3.05) is 7.05 Å². The average molecular weight is 230 g/mol. The number of allylic oxidation sites excluding steroid dienone is 3. The van der Waals surface area contributed by atoms with Crippen LogP contribution in [-0.4, -0.2) is 13.2 Å². The highest BCUT2D eigenvalue weighted by Gasteiger charge is 1.99. The predicted molar refractivity (Wildman–Crippen MR) is 54.4 cm³/mol. The summed E-state index contributed by atoms with van der Waals surface area (Å²) in [6.45, 7) is 0. The van der Waals surface area contributed by atoms with Gasteiger partial charge in [-0.2, -0.15) is 0 Å². The monoisotopic (exact) mass is 229 g/mol. The van der Waals surface area contributed by atoms with E-state index in [1.54, 1.807) is 0 Å². The van der Waals surface area contributed by atoms with Crippen LogP contribution in [0.4, 0.5) is 0 Å². The molecule has 1 atom stereocenters. The van der Waals surface area contributed by atoms with E-state index in [1.165, 1.54) is 0 Å². The number of likely N-dealkylation sites (N-methyl/N-ethyl adjacent to an activating group) is 1. The first-order valence-electron chi connectivity index (χ1n) is 3.67. The minimum atomic E-state index is -0.115. The van der Waals surface area contributed by atoms with Crippen LogP contribution in [-0.2, 0) is 0 Å². The number of dihydropyridines is 1. The van der Waals surface area contributed by atoms with Crippen LogP contribution in [0.1, 0.15) is 0 Å². The first-order chi connectivity index (χ1) is 5.72. The van der Waals surface area contributed by atoms with Crippen molar-refractivity contribution in [2.24, 2.45) is 5.73 Å². The minimum absolute atomic E-state index is 0.115. The first kappa shape index (κ1) is 9.51. The van der Waals surface area contributed by atoms with Gasteiger partial charge in [0.2, 0.25) is 0 Å². The van der Waals surface area contributed by atoms with Gasteiger partial charge in [-0.25, -0.2) is 0 Å². The summed E-state index contributed by atoms with van der Waals surface area (Å²) in [7, 11) is 1.82. The van der Waals surface area contributed by atoms with Gasteiger partial charge in [0.15, 0.2) is 0 Å². The predicted octanol–water partition coefficient (Wildman–Crippen LogP) is 0.770. The summed E-state index contributed by atoms with van der Waals surface area (Å²) in [6.07, 6.45) is 7.55. The smallest absolute Gasteiger partial charge is 0.0759 e. The Labute approximate surface area is 80.5 Å². The Bertz CT molecular complexity index is 243. The van der Waals surface area contributed by atoms with Crippen molar-refractivity contribution >= 4 is 15.9 Å². The van der Waals surface area contributed by atoms with Gasteiger partial charge in [-0.1, -0.05) is 15.9 Å². The average Bonchev–Trinajstić information content (AvgIpc) is 2.04. The van der Waals surface area contributed by atoms with Crippen molar-refractivity contribution in [2.45, 2.75) is 6.17 Å². The lowest BCUT2D eigenvalue weighted by Gasteiger charge is -2.10. The molecular formula is C8H12BrN3. The molecule has 0 radical (unpaired) electrons. The van der Waals surface area contributed by atoms with E-state index in [9.17, 15) is 0 Å². The van der Waals surface area contributed by atoms with Crippen LogP contribution in [0.15, 0.2) is 34.6 Å². The largest absolute Gasteiger partial charge is 0.362 e. The number of nitrogens with one attached hydrogen (secondary N) is 2. The highest BCUT2D eigenvalue weighted by molar-refractivity contribution is 9.11. The van der Waals surface area contributed by atoms with Crippen LogP contribution in [0.25, 0.3) is 0 Å². The molecule has 0 saturated heterocycles. The zero-order valence-corrected chi connectivity index (χ0v) is 8.43. The van der Waals surface area contributed by atoms with Crippen molar-refractivity contribution < 1.29 is 0 Å². The summed E-state index contributed by atoms with van der Waals surface area (Å²) in [6, 6.07) is 0. The molecular weight excluding hydrogens is 218 g/mol. The van der Waals surface area contributed by atoms with Crippen molar-refractivity contribution in [3.63, 3.8) is 0 Å². The SMILES string of the molecule is CNC(N)/C=C1/C=C(Br)C=CN1. The Kier molecular flexibility index (Phi) is 3.52. The lowest BCUT2D eigenvalue weighted by Crippen LogP contribution is -2.33. The molecule has 4 N–H and O–H groups in total. The van der Waals surface area contributed by atoms with Crippen LogP contribution < -0.4 is 16.4 Å². The molecule has 1 rings (SSSR count). The van der Waals surface area contributed by atoms with E-state index in [2.05, 4.69) is 26.6 Å². The fraction of sp³-hybridized carbons (Fsp3) is 0.250. The molecule has 0 aliphatic carbocycles. The molecule has 0 spiro atoms. The third-order valence-electron chi connectivity index (χ3n) is 1.48. The van der Waals surface area contributed by atoms with Crippen molar-refractivity contribution in [1.82, 2.24) is 10.6 Å². The number of hydrogen-bond acceptors (Lipinski definition) is 3. The van der Waals surface area contributed by atoms with E-state index in [4.69, 9.17) is 5.73 Å². The number of rotatable bonds is 2. The highest BCUT2D eigenvalue weighted by Crippen LogP contribution is 2.13. The molecule has 0 amide bonds. The Morgan fingerprint density at radius 2 is 2.50 bits per heavy atom. The maximum absolute atomic E-state index is 5.65. The van der Waals surface area contributed by atoms with Crippen LogP contribution >= 0.6 is 15.9 Å². The van der Waals surface area contributed by atoms with Gasteiger partial charge < -0.3 is 16.4 Å². The van der Waals surface area contributed by atoms with Crippen molar-refractivity contribution in [3.05, 3.63) is 34.6 Å². The highest BCUT2D eigenvalue weighted by atomic mass is 79.9. The molecule has 0 fully saturated rings. The number of nitrogens with two attached hydrogens (primary N) is 1. The summed E-state index contributed by atoms with van der Waals surface area (Å²) in [4.78, 5) is 0. The van der Waals surface area contributed by atoms with Crippen LogP contribution in [0.2, 0.25) is 0 Å². The lowest BCUT2D eigenvalue weighted by molar-refractivity contribution is 0.692. The van der Waals surface area contributed by atoms with Crippen molar-refractivity contribution in [3.8, 4) is 0 Å². The Hall–Kier alpha value is -0.580. The van der Waals surface area contributed by atoms with Crippen LogP contribution in [0.5, 0.6) is 0 Å². The molecule has 4 heteroatoms. The van der Waals surface area contributed by atoms with Gasteiger partial charge in [0, 0.05) is 16.4 Å². The standard InChI is InChI=1S/C8H12BrN3/c1-11-8(10)5-7-4-6(9)2-3-12-7/h2-5,8,11-12H,10H2,1H3/b7-5-. The molecule has 1 heterocycles. The maximum Gasteiger partial charge on any atom is 0.0759 e. The molecule has 1 aliphatic rings. The third-order valence-corrected chi connectivity index (χ3v) is 1.97. The van der Waals surface area contributed by atoms with Gasteiger partial charge in [0.05, 0.1) is 6.17 Å². The van der Waals surface area contributed by atoms with E-state index in [1.807, 2.05) is 31.5 Å². The molecule has 1 unspecified atom stereocenters. The van der Waals surface area contributed by atoms with Gasteiger partial charge in [0.25, 0.3) is 0 Å². The minimum Gasteiger partial charge on any atom is -0.362 e. The Morgan fingerprint density at radius 1 is 1.75 bits per heavy atom. The second kappa shape index (κ2) is 4.45. The van der Waals surface area contributed by atoms with Crippen LogP contribution in [0.3, 0.4) is 0 Å². The van der Waals surface area contributed by atoms with E-state index in [0.29, 0.717) is 0 Å². The molecule has 3 nitrogen and oxygen atoms in total. The molecule has 0 aromatic heterocycles. The summed E-state index contributed by atoms with van der Waals surface area (Å²) in [5, 5.41) is 5.99. The van der Waals surface area contributed by atoms with E-state index in [0.717, 1.165) is 10.2 Å². The molecule has 12 heavy (non-hydrogen) atoms. The fourth-order valence-electron chi connectivity index (χ4n) is 0.829. The molecule has 0 aromatic rings. The molecule has 0 bridgehead atoms. The first-order valence-corrected chi connectivity index (χ1v) is 4.46. The lowest BCUT2D eigenvalue weighted by atomic mass is 10.3. The maximum atomic E-state index is 5.65. The van der Waals surface area contributed by atoms with Gasteiger partial charge in [-0.3, -0.25) is 0 Å². The zero-order valence-electron chi connectivity index (χ0n) is 6.84. The van der Waals surface area contributed by atoms with Crippen LogP contribution in [0, 0.1) is 0 Å². The summed E-state index contributed by atoms with van der Waals surface area (Å²) in [5.41, 5.74) is 6.64. The molecule has 1 aliphatic heterocycles. The quantitative estimate of drug-likeness (QED) is 0.614. The molecule has 0 aromatic carbocycles. The molecule has 66 valence electrons. The summed E-state index contributed by atoms with van der Waals surface area (Å²) < 4.78 is 1.04. The second-order valence-electron chi connectivity index (χ2n) is 2.44. The van der Waals surface area contributed by atoms with E-state index < -0.39 is 0 Å². The fourth-order valence-corrected chi connectivity index (χ4v) is 1.21. The van der Waals surface area contributed by atoms with Gasteiger partial charge in [0.1, 0.15) is 0 Å². The number of hydrogen-bond donors (Lipinski definition) is 3. The summed E-state index contributed by atoms with van der Waals surface area (Å²) in [5.74, 6) is 0. The Morgan fingerprint density at radius 3 is 3.08 bits per heavy atom. The second-order valence-corrected chi connectivity index (χ2v) is 3.36. The normalized spacial score (nSPS) is 21.9. The van der Waals surface area contributed by atoms with Gasteiger partial charge >= 0.3 is 0 Å². The Balaban J connectivity index is 2.65.